The maximum Gasteiger partial charge on any atom is 0.261 e. The molecule has 1 aliphatic carbocycles. The molecule has 2 aromatic rings. The molecule has 2 saturated heterocycles. The van der Waals surface area contributed by atoms with Gasteiger partial charge in [-0.25, -0.2) is 4.39 Å². The molecule has 158 valence electrons. The van der Waals surface area contributed by atoms with Crippen molar-refractivity contribution >= 4 is 5.91 Å². The van der Waals surface area contributed by atoms with Gasteiger partial charge in [0.2, 0.25) is 0 Å². The van der Waals surface area contributed by atoms with Crippen LogP contribution in [0.15, 0.2) is 54.6 Å². The molecule has 5 atom stereocenters. The first kappa shape index (κ1) is 19.6. The highest BCUT2D eigenvalue weighted by Crippen LogP contribution is 2.52. The topological polar surface area (TPSA) is 41.6 Å². The highest BCUT2D eigenvalue weighted by molar-refractivity contribution is 5.79. The largest absolute Gasteiger partial charge is 0.481 e. The van der Waals surface area contributed by atoms with Crippen molar-refractivity contribution in [2.45, 2.75) is 63.2 Å². The van der Waals surface area contributed by atoms with E-state index in [1.54, 1.807) is 18.2 Å². The quantitative estimate of drug-likeness (QED) is 0.815. The summed E-state index contributed by atoms with van der Waals surface area (Å²) in [5, 5.41) is 3.87. The van der Waals surface area contributed by atoms with Crippen LogP contribution in [0.4, 0.5) is 4.39 Å². The fraction of sp³-hybridized carbons (Fsp3) is 0.480. The number of nitrogens with one attached hydrogen (secondary N) is 1. The minimum Gasteiger partial charge on any atom is -0.481 e. The van der Waals surface area contributed by atoms with Gasteiger partial charge in [0, 0.05) is 23.5 Å². The van der Waals surface area contributed by atoms with Crippen molar-refractivity contribution in [1.82, 2.24) is 10.2 Å². The van der Waals surface area contributed by atoms with Crippen LogP contribution in [0.25, 0.3) is 0 Å². The molecule has 4 nitrogen and oxygen atoms in total. The van der Waals surface area contributed by atoms with Crippen LogP contribution < -0.4 is 10.1 Å². The van der Waals surface area contributed by atoms with Crippen molar-refractivity contribution in [1.29, 1.82) is 0 Å². The van der Waals surface area contributed by atoms with Crippen molar-refractivity contribution in [3.8, 4) is 5.75 Å². The van der Waals surface area contributed by atoms with Gasteiger partial charge in [0.05, 0.1) is 6.04 Å². The molecule has 1 N–H and O–H groups in total. The average molecular weight is 409 g/mol. The van der Waals surface area contributed by atoms with E-state index in [0.717, 1.165) is 25.7 Å². The number of para-hydroxylation sites is 1. The molecule has 3 fully saturated rings. The number of piperidine rings is 1. The van der Waals surface area contributed by atoms with Crippen LogP contribution in [0.2, 0.25) is 0 Å². The number of carbonyl (C=O) groups is 1. The SMILES string of the molecule is C[C@]12C[C@@H]3N[C@H]1CCC[C@H]2N(C(=O)COc1ccccc1F)[C@H]3Cc1ccccc1. The van der Waals surface area contributed by atoms with Gasteiger partial charge in [-0.3, -0.25) is 4.79 Å². The van der Waals surface area contributed by atoms with E-state index in [4.69, 9.17) is 4.74 Å². The smallest absolute Gasteiger partial charge is 0.261 e. The summed E-state index contributed by atoms with van der Waals surface area (Å²) in [5.41, 5.74) is 1.34. The molecule has 5 heteroatoms. The Balaban J connectivity index is 1.42. The number of nitrogens with zero attached hydrogens (tertiary/aromatic N) is 1. The van der Waals surface area contributed by atoms with Gasteiger partial charge in [0.15, 0.2) is 18.2 Å². The summed E-state index contributed by atoms with van der Waals surface area (Å²) in [6.45, 7) is 2.21. The summed E-state index contributed by atoms with van der Waals surface area (Å²) in [6.07, 6.45) is 5.26. The zero-order valence-electron chi connectivity index (χ0n) is 17.4. The Morgan fingerprint density at radius 1 is 1.17 bits per heavy atom. The monoisotopic (exact) mass is 408 g/mol. The van der Waals surface area contributed by atoms with Crippen LogP contribution in [0, 0.1) is 11.2 Å². The summed E-state index contributed by atoms with van der Waals surface area (Å²) in [7, 11) is 0. The molecule has 0 spiro atoms. The standard InChI is InChI=1S/C25H29FN2O2/c1-25-15-19-20(14-17-8-3-2-4-9-17)28(23(25)13-7-12-22(25)27-19)24(29)16-30-21-11-6-5-10-18(21)26/h2-6,8-11,19-20,22-23,27H,7,12-16H2,1H3/t19-,20-,22-,23+,25-/m0/s1. The molecule has 1 amide bonds. The van der Waals surface area contributed by atoms with Gasteiger partial charge in [-0.1, -0.05) is 49.4 Å². The first-order valence-corrected chi connectivity index (χ1v) is 11.0. The van der Waals surface area contributed by atoms with Crippen LogP contribution >= 0.6 is 0 Å². The Morgan fingerprint density at radius 3 is 2.73 bits per heavy atom. The number of likely N-dealkylation sites (tertiary alicyclic amines) is 1. The van der Waals surface area contributed by atoms with E-state index in [1.807, 2.05) is 6.07 Å². The molecule has 2 bridgehead atoms. The third-order valence-electron chi connectivity index (χ3n) is 7.52. The Bertz CT molecular complexity index is 920. The second kappa shape index (κ2) is 7.69. The van der Waals surface area contributed by atoms with E-state index in [2.05, 4.69) is 41.4 Å². The van der Waals surface area contributed by atoms with Crippen molar-refractivity contribution in [3.63, 3.8) is 0 Å². The van der Waals surface area contributed by atoms with Crippen molar-refractivity contribution in [2.75, 3.05) is 6.61 Å². The Labute approximate surface area is 177 Å². The number of fused-ring (bicyclic) bond motifs is 1. The first-order chi connectivity index (χ1) is 14.6. The normalized spacial score (nSPS) is 32.1. The van der Waals surface area contributed by atoms with E-state index >= 15 is 0 Å². The molecule has 2 aliphatic heterocycles. The lowest BCUT2D eigenvalue weighted by molar-refractivity contribution is -0.147. The predicted molar refractivity (Wildman–Crippen MR) is 114 cm³/mol. The molecule has 0 aromatic heterocycles. The second-order valence-electron chi connectivity index (χ2n) is 9.26. The highest BCUT2D eigenvalue weighted by Gasteiger charge is 2.60. The molecule has 2 aromatic carbocycles. The third-order valence-corrected chi connectivity index (χ3v) is 7.52. The van der Waals surface area contributed by atoms with E-state index in [-0.39, 0.29) is 41.8 Å². The third kappa shape index (κ3) is 3.29. The molecule has 0 radical (unpaired) electrons. The number of ether oxygens (including phenoxy) is 1. The molecule has 30 heavy (non-hydrogen) atoms. The number of carbonyl (C=O) groups excluding carboxylic acids is 1. The van der Waals surface area contributed by atoms with Gasteiger partial charge in [0.25, 0.3) is 5.91 Å². The van der Waals surface area contributed by atoms with Crippen molar-refractivity contribution < 1.29 is 13.9 Å². The number of rotatable bonds is 5. The molecule has 2 heterocycles. The lowest BCUT2D eigenvalue weighted by atomic mass is 9.64. The highest BCUT2D eigenvalue weighted by atomic mass is 19.1. The summed E-state index contributed by atoms with van der Waals surface area (Å²) in [4.78, 5) is 15.6. The molecular formula is C25H29FN2O2. The minimum absolute atomic E-state index is 0.0375. The zero-order chi connectivity index (χ0) is 20.7. The second-order valence-corrected chi connectivity index (χ2v) is 9.26. The molecule has 3 aliphatic rings. The Kier molecular flexibility index (Phi) is 5.02. The first-order valence-electron chi connectivity index (χ1n) is 11.0. The summed E-state index contributed by atoms with van der Waals surface area (Å²) < 4.78 is 19.6. The van der Waals surface area contributed by atoms with Crippen LogP contribution in [0.1, 0.15) is 38.2 Å². The fourth-order valence-corrected chi connectivity index (χ4v) is 6.11. The summed E-state index contributed by atoms with van der Waals surface area (Å²) in [6, 6.07) is 17.7. The van der Waals surface area contributed by atoms with Crippen LogP contribution in [-0.2, 0) is 11.2 Å². The number of halogens is 1. The molecular weight excluding hydrogens is 379 g/mol. The van der Waals surface area contributed by atoms with Gasteiger partial charge < -0.3 is 15.0 Å². The number of benzene rings is 2. The number of hydrogen-bond donors (Lipinski definition) is 1. The molecule has 0 unspecified atom stereocenters. The molecule has 5 rings (SSSR count). The van der Waals surface area contributed by atoms with Gasteiger partial charge in [-0.15, -0.1) is 0 Å². The maximum absolute atomic E-state index is 14.0. The van der Waals surface area contributed by atoms with Crippen molar-refractivity contribution in [2.24, 2.45) is 5.41 Å². The zero-order valence-corrected chi connectivity index (χ0v) is 17.4. The van der Waals surface area contributed by atoms with E-state index < -0.39 is 5.82 Å². The van der Waals surface area contributed by atoms with E-state index in [1.165, 1.54) is 18.1 Å². The number of amides is 1. The predicted octanol–water partition coefficient (Wildman–Crippen LogP) is 3.95. The maximum atomic E-state index is 14.0. The van der Waals surface area contributed by atoms with Crippen LogP contribution in [0.3, 0.4) is 0 Å². The average Bonchev–Trinajstić information content (AvgIpc) is 3.10. The Hall–Kier alpha value is -2.40. The number of hydrogen-bond acceptors (Lipinski definition) is 3. The van der Waals surface area contributed by atoms with Crippen molar-refractivity contribution in [3.05, 3.63) is 66.0 Å². The van der Waals surface area contributed by atoms with Crippen LogP contribution in [0.5, 0.6) is 5.75 Å². The summed E-state index contributed by atoms with van der Waals surface area (Å²) in [5.74, 6) is -0.336. The fourth-order valence-electron chi connectivity index (χ4n) is 6.11. The van der Waals surface area contributed by atoms with Gasteiger partial charge in [-0.05, 0) is 49.8 Å². The minimum atomic E-state index is -0.434. The van der Waals surface area contributed by atoms with E-state index in [0.29, 0.717) is 6.04 Å². The van der Waals surface area contributed by atoms with Gasteiger partial charge in [-0.2, -0.15) is 0 Å². The van der Waals surface area contributed by atoms with Crippen LogP contribution in [-0.4, -0.2) is 41.6 Å². The van der Waals surface area contributed by atoms with Gasteiger partial charge in [0.1, 0.15) is 0 Å². The lowest BCUT2D eigenvalue weighted by Gasteiger charge is -2.53. The van der Waals surface area contributed by atoms with E-state index in [9.17, 15) is 9.18 Å². The van der Waals surface area contributed by atoms with Gasteiger partial charge >= 0.3 is 0 Å². The molecule has 1 saturated carbocycles. The lowest BCUT2D eigenvalue weighted by Crippen LogP contribution is -2.63. The Morgan fingerprint density at radius 2 is 1.93 bits per heavy atom. The summed E-state index contributed by atoms with van der Waals surface area (Å²) >= 11 is 0.